The van der Waals surface area contributed by atoms with Gasteiger partial charge in [-0.25, -0.2) is 14.5 Å². The number of cyclic esters (lactones) is 1. The van der Waals surface area contributed by atoms with Gasteiger partial charge >= 0.3 is 12.6 Å². The molecule has 0 spiro atoms. The maximum atomic E-state index is 13.6. The van der Waals surface area contributed by atoms with E-state index in [9.17, 15) is 18.4 Å². The number of ether oxygens (including phenoxy) is 4. The van der Waals surface area contributed by atoms with Crippen molar-refractivity contribution in [2.24, 2.45) is 5.41 Å². The summed E-state index contributed by atoms with van der Waals surface area (Å²) in [4.78, 5) is 31.9. The van der Waals surface area contributed by atoms with E-state index in [1.54, 1.807) is 29.2 Å². The standard InChI is InChI=1S/C29H30ClF2N5O6/c1-29(14-40-15-29)16-42-26-22(25(38)33-10-17-2-4-19(30)5-3-17)9-23(24(35-26)18-11-34-37(12-18)27(31)32)43-21-6-7-36-20(8-21)13-41-28(36)39/h2-5,9,11-12,20-21,27H,6-8,10,13-16H2,1H3,(H,33,38)/t20-,21-/m0/s1. The summed E-state index contributed by atoms with van der Waals surface area (Å²) in [5.74, 6) is -0.227. The number of pyridine rings is 1. The van der Waals surface area contributed by atoms with Crippen LogP contribution in [0.25, 0.3) is 11.3 Å². The maximum absolute atomic E-state index is 13.6. The van der Waals surface area contributed by atoms with Crippen molar-refractivity contribution in [2.75, 3.05) is 33.0 Å². The molecule has 1 N–H and O–H groups in total. The number of amides is 2. The summed E-state index contributed by atoms with van der Waals surface area (Å²) in [7, 11) is 0. The third kappa shape index (κ3) is 6.37. The molecule has 228 valence electrons. The van der Waals surface area contributed by atoms with Crippen molar-refractivity contribution in [3.8, 4) is 22.9 Å². The van der Waals surface area contributed by atoms with Gasteiger partial charge < -0.3 is 29.2 Å². The lowest BCUT2D eigenvalue weighted by atomic mass is 9.90. The van der Waals surface area contributed by atoms with Crippen LogP contribution >= 0.6 is 11.6 Å². The number of aromatic nitrogens is 3. The third-order valence-corrected chi connectivity index (χ3v) is 7.94. The highest BCUT2D eigenvalue weighted by Gasteiger charge is 2.39. The van der Waals surface area contributed by atoms with Gasteiger partial charge in [0.15, 0.2) is 0 Å². The molecule has 43 heavy (non-hydrogen) atoms. The number of nitrogens with zero attached hydrogens (tertiary/aromatic N) is 4. The molecule has 2 aromatic heterocycles. The van der Waals surface area contributed by atoms with Gasteiger partial charge in [0.2, 0.25) is 5.88 Å². The van der Waals surface area contributed by atoms with Crippen LogP contribution in [0, 0.1) is 5.41 Å². The first-order valence-corrected chi connectivity index (χ1v) is 14.3. The van der Waals surface area contributed by atoms with E-state index in [4.69, 9.17) is 30.5 Å². The molecule has 0 aliphatic carbocycles. The number of nitrogens with one attached hydrogen (secondary N) is 1. The number of carbonyl (C=O) groups is 2. The third-order valence-electron chi connectivity index (χ3n) is 7.69. The number of carbonyl (C=O) groups excluding carboxylic acids is 2. The zero-order chi connectivity index (χ0) is 30.1. The van der Waals surface area contributed by atoms with E-state index in [-0.39, 0.29) is 71.9 Å². The Hall–Kier alpha value is -3.97. The molecule has 2 amide bonds. The van der Waals surface area contributed by atoms with Gasteiger partial charge in [0, 0.05) is 54.2 Å². The number of halogens is 3. The first-order valence-electron chi connectivity index (χ1n) is 13.9. The second kappa shape index (κ2) is 12.0. The van der Waals surface area contributed by atoms with Gasteiger partial charge in [-0.15, -0.1) is 0 Å². The Balaban J connectivity index is 1.33. The van der Waals surface area contributed by atoms with E-state index in [1.165, 1.54) is 12.3 Å². The van der Waals surface area contributed by atoms with Crippen molar-refractivity contribution >= 4 is 23.6 Å². The second-order valence-corrected chi connectivity index (χ2v) is 11.7. The normalized spacial score (nSPS) is 20.8. The molecule has 5 heterocycles. The van der Waals surface area contributed by atoms with Crippen LogP contribution in [0.3, 0.4) is 0 Å². The predicted octanol–water partition coefficient (Wildman–Crippen LogP) is 4.70. The lowest BCUT2D eigenvalue weighted by molar-refractivity contribution is -0.120. The lowest BCUT2D eigenvalue weighted by Crippen LogP contribution is -2.44. The predicted molar refractivity (Wildman–Crippen MR) is 149 cm³/mol. The van der Waals surface area contributed by atoms with Crippen LogP contribution in [-0.2, 0) is 16.0 Å². The Morgan fingerprint density at radius 2 is 2.07 bits per heavy atom. The topological polar surface area (TPSA) is 117 Å². The molecule has 2 atom stereocenters. The average molecular weight is 618 g/mol. The summed E-state index contributed by atoms with van der Waals surface area (Å²) >= 11 is 5.99. The van der Waals surface area contributed by atoms with E-state index in [1.807, 2.05) is 6.92 Å². The van der Waals surface area contributed by atoms with Gasteiger partial charge in [-0.05, 0) is 17.7 Å². The Morgan fingerprint density at radius 3 is 2.77 bits per heavy atom. The Bertz CT molecular complexity index is 1500. The molecule has 3 aliphatic heterocycles. The van der Waals surface area contributed by atoms with Gasteiger partial charge in [-0.1, -0.05) is 30.7 Å². The van der Waals surface area contributed by atoms with Crippen LogP contribution in [0.5, 0.6) is 11.6 Å². The smallest absolute Gasteiger partial charge is 0.410 e. The van der Waals surface area contributed by atoms with Crippen molar-refractivity contribution in [2.45, 2.75) is 45.0 Å². The van der Waals surface area contributed by atoms with E-state index < -0.39 is 12.5 Å². The fraction of sp³-hybridized carbons (Fsp3) is 0.448. The first kappa shape index (κ1) is 29.1. The number of alkyl halides is 2. The molecule has 0 unspecified atom stereocenters. The van der Waals surface area contributed by atoms with Crippen molar-refractivity contribution in [3.05, 3.63) is 58.9 Å². The zero-order valence-corrected chi connectivity index (χ0v) is 24.1. The zero-order valence-electron chi connectivity index (χ0n) is 23.3. The molecule has 3 aromatic rings. The van der Waals surface area contributed by atoms with Crippen LogP contribution in [0.1, 0.15) is 42.2 Å². The lowest BCUT2D eigenvalue weighted by Gasteiger charge is -2.37. The summed E-state index contributed by atoms with van der Waals surface area (Å²) in [6.07, 6.45) is 2.74. The summed E-state index contributed by atoms with van der Waals surface area (Å²) in [6.45, 7) is 1.27. The van der Waals surface area contributed by atoms with Gasteiger partial charge in [-0.3, -0.25) is 4.79 Å². The Morgan fingerprint density at radius 1 is 1.28 bits per heavy atom. The minimum Gasteiger partial charge on any atom is -0.488 e. The van der Waals surface area contributed by atoms with Crippen LogP contribution in [0.4, 0.5) is 13.6 Å². The van der Waals surface area contributed by atoms with E-state index in [0.717, 1.165) is 11.8 Å². The number of benzene rings is 1. The van der Waals surface area contributed by atoms with Crippen molar-refractivity contribution in [3.63, 3.8) is 0 Å². The molecule has 6 rings (SSSR count). The average Bonchev–Trinajstić information content (AvgIpc) is 3.62. The molecule has 3 fully saturated rings. The van der Waals surface area contributed by atoms with Crippen molar-refractivity contribution < 1.29 is 37.3 Å². The van der Waals surface area contributed by atoms with Crippen molar-refractivity contribution in [1.29, 1.82) is 0 Å². The summed E-state index contributed by atoms with van der Waals surface area (Å²) < 4.78 is 50.4. The number of hydrogen-bond acceptors (Lipinski definition) is 8. The molecular weight excluding hydrogens is 588 g/mol. The molecule has 1 aromatic carbocycles. The van der Waals surface area contributed by atoms with Gasteiger partial charge in [0.05, 0.1) is 32.1 Å². The number of hydrogen-bond donors (Lipinski definition) is 1. The molecule has 0 saturated carbocycles. The van der Waals surface area contributed by atoms with Gasteiger partial charge in [-0.2, -0.15) is 13.9 Å². The number of piperidine rings is 1. The highest BCUT2D eigenvalue weighted by atomic mass is 35.5. The fourth-order valence-corrected chi connectivity index (χ4v) is 5.35. The van der Waals surface area contributed by atoms with E-state index in [2.05, 4.69) is 15.4 Å². The first-order chi connectivity index (χ1) is 20.7. The highest BCUT2D eigenvalue weighted by Crippen LogP contribution is 2.37. The van der Waals surface area contributed by atoms with Crippen LogP contribution in [0.2, 0.25) is 5.02 Å². The van der Waals surface area contributed by atoms with E-state index >= 15 is 0 Å². The molecule has 14 heteroatoms. The van der Waals surface area contributed by atoms with Crippen LogP contribution < -0.4 is 14.8 Å². The Labute approximate surface area is 251 Å². The molecule has 3 saturated heterocycles. The highest BCUT2D eigenvalue weighted by molar-refractivity contribution is 6.30. The van der Waals surface area contributed by atoms with Crippen LogP contribution in [-0.4, -0.2) is 76.8 Å². The summed E-state index contributed by atoms with van der Waals surface area (Å²) in [6, 6.07) is 8.45. The quantitative estimate of drug-likeness (QED) is 0.348. The van der Waals surface area contributed by atoms with Gasteiger partial charge in [0.25, 0.3) is 5.91 Å². The molecule has 0 bridgehead atoms. The van der Waals surface area contributed by atoms with E-state index in [0.29, 0.717) is 42.3 Å². The monoisotopic (exact) mass is 617 g/mol. The number of fused-ring (bicyclic) bond motifs is 1. The molecule has 0 radical (unpaired) electrons. The fourth-order valence-electron chi connectivity index (χ4n) is 5.22. The van der Waals surface area contributed by atoms with Crippen LogP contribution in [0.15, 0.2) is 42.7 Å². The SMILES string of the molecule is CC1(COc2nc(-c3cnn(C(F)F)c3)c(O[C@H]3CCN4C(=O)OC[C@@H]4C3)cc2C(=O)NCc2ccc(Cl)cc2)COC1. The van der Waals surface area contributed by atoms with Crippen molar-refractivity contribution in [1.82, 2.24) is 25.0 Å². The second-order valence-electron chi connectivity index (χ2n) is 11.3. The summed E-state index contributed by atoms with van der Waals surface area (Å²) in [5.41, 5.74) is 1.16. The molecule has 11 nitrogen and oxygen atoms in total. The number of rotatable bonds is 10. The minimum atomic E-state index is -2.85. The summed E-state index contributed by atoms with van der Waals surface area (Å²) in [5, 5.41) is 7.23. The molecule has 3 aliphatic rings. The minimum absolute atomic E-state index is 0.0264. The molecular formula is C29H30ClF2N5O6. The maximum Gasteiger partial charge on any atom is 0.410 e. The Kier molecular flexibility index (Phi) is 8.10. The largest absolute Gasteiger partial charge is 0.488 e. The van der Waals surface area contributed by atoms with Gasteiger partial charge in [0.1, 0.15) is 29.7 Å².